The predicted octanol–water partition coefficient (Wildman–Crippen LogP) is 2.57. The van der Waals surface area contributed by atoms with Crippen molar-refractivity contribution >= 4 is 12.7 Å². The Morgan fingerprint density at radius 1 is 0.955 bits per heavy atom. The topological polar surface area (TPSA) is 53.5 Å². The van der Waals surface area contributed by atoms with Crippen molar-refractivity contribution in [2.75, 3.05) is 0 Å². The van der Waals surface area contributed by atoms with Crippen LogP contribution in [0.1, 0.15) is 27.7 Å². The average molecular weight is 298 g/mol. The second-order valence-corrected chi connectivity index (χ2v) is 6.27. The first kappa shape index (κ1) is 15.0. The van der Waals surface area contributed by atoms with Gasteiger partial charge in [0.2, 0.25) is 0 Å². The largest absolute Gasteiger partial charge is 0.514 e. The van der Waals surface area contributed by atoms with Gasteiger partial charge in [0.25, 0.3) is 0 Å². The third-order valence-corrected chi connectivity index (χ3v) is 4.10. The van der Waals surface area contributed by atoms with Crippen LogP contribution in [0.2, 0.25) is 0 Å². The minimum atomic E-state index is -0.522. The van der Waals surface area contributed by atoms with Crippen molar-refractivity contribution in [2.45, 2.75) is 38.9 Å². The summed E-state index contributed by atoms with van der Waals surface area (Å²) < 4.78 is 17.6. The third kappa shape index (κ3) is 2.84. The van der Waals surface area contributed by atoms with Gasteiger partial charge in [-0.15, -0.1) is 0 Å². The fraction of sp³-hybridized carbons (Fsp3) is 0.375. The van der Waals surface area contributed by atoms with Crippen molar-refractivity contribution in [1.82, 2.24) is 9.97 Å². The van der Waals surface area contributed by atoms with Crippen LogP contribution in [0.15, 0.2) is 42.6 Å². The molecule has 1 saturated heterocycles. The summed E-state index contributed by atoms with van der Waals surface area (Å²) in [6.45, 7) is 8.04. The quantitative estimate of drug-likeness (QED) is 0.815. The van der Waals surface area contributed by atoms with Crippen LogP contribution < -0.4 is 10.3 Å². The first-order valence-corrected chi connectivity index (χ1v) is 7.29. The zero-order valence-electron chi connectivity index (χ0n) is 13.2. The molecule has 0 saturated carbocycles. The SMILES string of the molecule is CC1(C)OB(c2ccnc(Oc3ccccc3)n2)OC1(C)C. The van der Waals surface area contributed by atoms with E-state index in [1.807, 2.05) is 58.0 Å². The van der Waals surface area contributed by atoms with Gasteiger partial charge in [0.15, 0.2) is 0 Å². The Bertz CT molecular complexity index is 645. The molecule has 0 radical (unpaired) electrons. The van der Waals surface area contributed by atoms with Gasteiger partial charge in [0.1, 0.15) is 5.75 Å². The van der Waals surface area contributed by atoms with E-state index in [1.165, 1.54) is 0 Å². The Labute approximate surface area is 130 Å². The molecule has 0 spiro atoms. The molecule has 2 heterocycles. The molecular formula is C16H19BN2O3. The van der Waals surface area contributed by atoms with Gasteiger partial charge >= 0.3 is 13.1 Å². The molecule has 3 rings (SSSR count). The lowest BCUT2D eigenvalue weighted by Gasteiger charge is -2.32. The molecule has 1 aliphatic rings. The summed E-state index contributed by atoms with van der Waals surface area (Å²) in [4.78, 5) is 8.53. The fourth-order valence-electron chi connectivity index (χ4n) is 2.09. The van der Waals surface area contributed by atoms with Crippen LogP contribution in [0, 0.1) is 0 Å². The number of aromatic nitrogens is 2. The van der Waals surface area contributed by atoms with Crippen molar-refractivity contribution < 1.29 is 14.0 Å². The summed E-state index contributed by atoms with van der Waals surface area (Å²) in [6, 6.07) is 11.5. The second kappa shape index (κ2) is 5.37. The lowest BCUT2D eigenvalue weighted by Crippen LogP contribution is -2.41. The monoisotopic (exact) mass is 298 g/mol. The number of ether oxygens (including phenoxy) is 1. The summed E-state index contributed by atoms with van der Waals surface area (Å²) in [5.74, 6) is 0.688. The third-order valence-electron chi connectivity index (χ3n) is 4.10. The molecule has 6 heteroatoms. The van der Waals surface area contributed by atoms with E-state index in [2.05, 4.69) is 9.97 Å². The zero-order chi connectivity index (χ0) is 15.8. The molecule has 114 valence electrons. The maximum absolute atomic E-state index is 5.99. The van der Waals surface area contributed by atoms with E-state index in [0.29, 0.717) is 11.3 Å². The van der Waals surface area contributed by atoms with Crippen LogP contribution in [-0.2, 0) is 9.31 Å². The van der Waals surface area contributed by atoms with Crippen molar-refractivity contribution in [3.63, 3.8) is 0 Å². The highest BCUT2D eigenvalue weighted by Crippen LogP contribution is 2.36. The summed E-state index contributed by atoms with van der Waals surface area (Å²) in [7, 11) is -0.522. The second-order valence-electron chi connectivity index (χ2n) is 6.27. The molecule has 0 unspecified atom stereocenters. The summed E-state index contributed by atoms with van der Waals surface area (Å²) in [5, 5.41) is 0. The maximum atomic E-state index is 5.99. The highest BCUT2D eigenvalue weighted by atomic mass is 16.7. The van der Waals surface area contributed by atoms with Gasteiger partial charge in [0.05, 0.1) is 16.8 Å². The minimum Gasteiger partial charge on any atom is -0.424 e. The number of para-hydroxylation sites is 1. The lowest BCUT2D eigenvalue weighted by atomic mass is 9.85. The molecule has 0 atom stereocenters. The van der Waals surface area contributed by atoms with Gasteiger partial charge < -0.3 is 14.0 Å². The minimum absolute atomic E-state index is 0.276. The smallest absolute Gasteiger partial charge is 0.424 e. The van der Waals surface area contributed by atoms with E-state index >= 15 is 0 Å². The highest BCUT2D eigenvalue weighted by molar-refractivity contribution is 6.61. The van der Waals surface area contributed by atoms with E-state index in [1.54, 1.807) is 12.3 Å². The molecule has 1 fully saturated rings. The molecule has 22 heavy (non-hydrogen) atoms. The Hall–Kier alpha value is -1.92. The van der Waals surface area contributed by atoms with Crippen LogP contribution >= 0.6 is 0 Å². The summed E-state index contributed by atoms with van der Waals surface area (Å²) in [5.41, 5.74) is -0.147. The van der Waals surface area contributed by atoms with E-state index in [4.69, 9.17) is 14.0 Å². The first-order valence-electron chi connectivity index (χ1n) is 7.29. The van der Waals surface area contributed by atoms with Crippen molar-refractivity contribution in [3.8, 4) is 11.8 Å². The number of hydrogen-bond donors (Lipinski definition) is 0. The Balaban J connectivity index is 1.81. The van der Waals surface area contributed by atoms with Gasteiger partial charge in [-0.2, -0.15) is 0 Å². The fourth-order valence-corrected chi connectivity index (χ4v) is 2.09. The molecule has 0 aliphatic carbocycles. The van der Waals surface area contributed by atoms with Crippen molar-refractivity contribution in [2.24, 2.45) is 0 Å². The summed E-state index contributed by atoms with van der Waals surface area (Å²) in [6.07, 6.45) is 1.64. The Morgan fingerprint density at radius 3 is 2.23 bits per heavy atom. The Morgan fingerprint density at radius 2 is 1.59 bits per heavy atom. The molecule has 5 nitrogen and oxygen atoms in total. The van der Waals surface area contributed by atoms with Gasteiger partial charge in [-0.05, 0) is 45.9 Å². The highest BCUT2D eigenvalue weighted by Gasteiger charge is 2.52. The number of rotatable bonds is 3. The van der Waals surface area contributed by atoms with Crippen LogP contribution in [-0.4, -0.2) is 28.3 Å². The van der Waals surface area contributed by atoms with Crippen LogP contribution in [0.25, 0.3) is 0 Å². The van der Waals surface area contributed by atoms with Gasteiger partial charge in [-0.3, -0.25) is 0 Å². The van der Waals surface area contributed by atoms with Gasteiger partial charge in [-0.1, -0.05) is 18.2 Å². The normalized spacial score (nSPS) is 19.2. The Kier molecular flexibility index (Phi) is 3.66. The number of hydrogen-bond acceptors (Lipinski definition) is 5. The molecular weight excluding hydrogens is 279 g/mol. The van der Waals surface area contributed by atoms with E-state index < -0.39 is 18.3 Å². The van der Waals surface area contributed by atoms with E-state index in [-0.39, 0.29) is 6.01 Å². The zero-order valence-corrected chi connectivity index (χ0v) is 13.2. The molecule has 0 amide bonds. The summed E-state index contributed by atoms with van der Waals surface area (Å²) >= 11 is 0. The van der Waals surface area contributed by atoms with Crippen LogP contribution in [0.4, 0.5) is 0 Å². The van der Waals surface area contributed by atoms with E-state index in [9.17, 15) is 0 Å². The van der Waals surface area contributed by atoms with Crippen LogP contribution in [0.3, 0.4) is 0 Å². The molecule has 0 N–H and O–H groups in total. The van der Waals surface area contributed by atoms with Crippen LogP contribution in [0.5, 0.6) is 11.8 Å². The molecule has 1 aromatic carbocycles. The first-order chi connectivity index (χ1) is 10.4. The van der Waals surface area contributed by atoms with Crippen molar-refractivity contribution in [1.29, 1.82) is 0 Å². The van der Waals surface area contributed by atoms with E-state index in [0.717, 1.165) is 0 Å². The number of nitrogens with zero attached hydrogens (tertiary/aromatic N) is 2. The molecule has 1 aromatic heterocycles. The lowest BCUT2D eigenvalue weighted by molar-refractivity contribution is 0.00578. The standard InChI is InChI=1S/C16H19BN2O3/c1-15(2)16(3,4)22-17(21-15)13-10-11-18-14(19-13)20-12-8-6-5-7-9-12/h5-11H,1-4H3. The predicted molar refractivity (Wildman–Crippen MR) is 84.3 cm³/mol. The van der Waals surface area contributed by atoms with Crippen molar-refractivity contribution in [3.05, 3.63) is 42.6 Å². The van der Waals surface area contributed by atoms with Gasteiger partial charge in [-0.25, -0.2) is 9.97 Å². The molecule has 0 bridgehead atoms. The molecule has 2 aromatic rings. The number of benzene rings is 1. The van der Waals surface area contributed by atoms with Gasteiger partial charge in [0, 0.05) is 6.20 Å². The maximum Gasteiger partial charge on any atom is 0.514 e. The molecule has 1 aliphatic heterocycles. The average Bonchev–Trinajstić information content (AvgIpc) is 2.69.